The van der Waals surface area contributed by atoms with E-state index in [0.29, 0.717) is 6.04 Å². The van der Waals surface area contributed by atoms with Gasteiger partial charge in [-0.2, -0.15) is 0 Å². The highest BCUT2D eigenvalue weighted by Crippen LogP contribution is 2.24. The van der Waals surface area contributed by atoms with E-state index in [-0.39, 0.29) is 5.41 Å². The minimum absolute atomic E-state index is 0.187. The molecule has 2 rings (SSSR count). The normalized spacial score (nSPS) is 11.9. The number of nitrogens with zero attached hydrogens (tertiary/aromatic N) is 2. The van der Waals surface area contributed by atoms with Crippen LogP contribution in [0.2, 0.25) is 0 Å². The smallest absolute Gasteiger partial charge is 0.207 e. The molecule has 0 unspecified atom stereocenters. The van der Waals surface area contributed by atoms with Crippen LogP contribution in [-0.2, 0) is 5.41 Å². The number of anilines is 1. The fourth-order valence-electron chi connectivity index (χ4n) is 2.00. The predicted molar refractivity (Wildman–Crippen MR) is 81.0 cm³/mol. The first-order valence-electron chi connectivity index (χ1n) is 6.79. The van der Waals surface area contributed by atoms with Crippen molar-refractivity contribution < 1.29 is 0 Å². The van der Waals surface area contributed by atoms with Crippen molar-refractivity contribution in [2.45, 2.75) is 46.1 Å². The van der Waals surface area contributed by atoms with Crippen LogP contribution in [0.1, 0.15) is 40.2 Å². The van der Waals surface area contributed by atoms with Gasteiger partial charge in [-0.05, 0) is 37.0 Å². The largest absolute Gasteiger partial charge is 0.353 e. The fourth-order valence-corrected chi connectivity index (χ4v) is 2.00. The maximum atomic E-state index is 4.36. The zero-order valence-corrected chi connectivity index (χ0v) is 12.4. The minimum Gasteiger partial charge on any atom is -0.353 e. The van der Waals surface area contributed by atoms with Crippen molar-refractivity contribution >= 4 is 5.95 Å². The standard InChI is InChI=1S/C16H23N3/c1-12(2)18-15-17-10-11-19(15)14-8-6-13(7-9-14)16(3,4)5/h6-12H,1-5H3,(H,17,18). The first-order valence-corrected chi connectivity index (χ1v) is 6.79. The molecular weight excluding hydrogens is 234 g/mol. The van der Waals surface area contributed by atoms with Crippen molar-refractivity contribution in [2.75, 3.05) is 5.32 Å². The average molecular weight is 257 g/mol. The molecule has 2 aromatic rings. The maximum absolute atomic E-state index is 4.36. The molecule has 19 heavy (non-hydrogen) atoms. The van der Waals surface area contributed by atoms with E-state index in [0.717, 1.165) is 11.6 Å². The van der Waals surface area contributed by atoms with E-state index in [1.807, 2.05) is 12.4 Å². The van der Waals surface area contributed by atoms with Gasteiger partial charge in [0.2, 0.25) is 5.95 Å². The van der Waals surface area contributed by atoms with Gasteiger partial charge in [-0.15, -0.1) is 0 Å². The molecule has 0 fully saturated rings. The van der Waals surface area contributed by atoms with Crippen LogP contribution in [0.15, 0.2) is 36.7 Å². The summed E-state index contributed by atoms with van der Waals surface area (Å²) in [6.07, 6.45) is 3.80. The third-order valence-electron chi connectivity index (χ3n) is 3.07. The Bertz CT molecular complexity index is 530. The molecule has 0 atom stereocenters. The van der Waals surface area contributed by atoms with Gasteiger partial charge in [0.25, 0.3) is 0 Å². The van der Waals surface area contributed by atoms with Crippen LogP contribution in [0, 0.1) is 0 Å². The minimum atomic E-state index is 0.187. The van der Waals surface area contributed by atoms with Crippen molar-refractivity contribution in [3.8, 4) is 5.69 Å². The molecular formula is C16H23N3. The highest BCUT2D eigenvalue weighted by molar-refractivity contribution is 5.44. The summed E-state index contributed by atoms with van der Waals surface area (Å²) < 4.78 is 2.08. The second-order valence-electron chi connectivity index (χ2n) is 6.22. The monoisotopic (exact) mass is 257 g/mol. The molecule has 0 bridgehead atoms. The van der Waals surface area contributed by atoms with Crippen molar-refractivity contribution in [1.82, 2.24) is 9.55 Å². The third-order valence-corrected chi connectivity index (χ3v) is 3.07. The molecule has 1 aromatic carbocycles. The average Bonchev–Trinajstić information content (AvgIpc) is 2.75. The Hall–Kier alpha value is -1.77. The second kappa shape index (κ2) is 5.08. The van der Waals surface area contributed by atoms with Gasteiger partial charge < -0.3 is 5.32 Å². The molecule has 0 aliphatic carbocycles. The van der Waals surface area contributed by atoms with Crippen molar-refractivity contribution in [2.24, 2.45) is 0 Å². The SMILES string of the molecule is CC(C)Nc1nccn1-c1ccc(C(C)(C)C)cc1. The number of aromatic nitrogens is 2. The number of hydrogen-bond donors (Lipinski definition) is 1. The summed E-state index contributed by atoms with van der Waals surface area (Å²) in [5, 5.41) is 3.35. The molecule has 0 spiro atoms. The molecule has 3 nitrogen and oxygen atoms in total. The van der Waals surface area contributed by atoms with Gasteiger partial charge in [-0.1, -0.05) is 32.9 Å². The molecule has 0 aliphatic heterocycles. The van der Waals surface area contributed by atoms with Crippen LogP contribution in [0.5, 0.6) is 0 Å². The van der Waals surface area contributed by atoms with Crippen molar-refractivity contribution in [1.29, 1.82) is 0 Å². The van der Waals surface area contributed by atoms with Gasteiger partial charge >= 0.3 is 0 Å². The summed E-state index contributed by atoms with van der Waals surface area (Å²) in [6.45, 7) is 10.9. The third kappa shape index (κ3) is 3.16. The summed E-state index contributed by atoms with van der Waals surface area (Å²) in [5.74, 6) is 0.888. The maximum Gasteiger partial charge on any atom is 0.207 e. The first-order chi connectivity index (χ1) is 8.88. The summed E-state index contributed by atoms with van der Waals surface area (Å²) in [7, 11) is 0. The molecule has 0 saturated carbocycles. The van der Waals surface area contributed by atoms with Crippen LogP contribution in [0.25, 0.3) is 5.69 Å². The lowest BCUT2D eigenvalue weighted by atomic mass is 9.87. The van der Waals surface area contributed by atoms with Crippen molar-refractivity contribution in [3.05, 3.63) is 42.2 Å². The summed E-state index contributed by atoms with van der Waals surface area (Å²) in [4.78, 5) is 4.36. The Kier molecular flexibility index (Phi) is 3.65. The molecule has 1 heterocycles. The lowest BCUT2D eigenvalue weighted by Crippen LogP contribution is -2.14. The molecule has 0 amide bonds. The van der Waals surface area contributed by atoms with Gasteiger partial charge in [0.05, 0.1) is 0 Å². The number of nitrogens with one attached hydrogen (secondary N) is 1. The second-order valence-corrected chi connectivity index (χ2v) is 6.22. The molecule has 1 N–H and O–H groups in total. The summed E-state index contributed by atoms with van der Waals surface area (Å²) in [5.41, 5.74) is 2.66. The Morgan fingerprint density at radius 3 is 2.26 bits per heavy atom. The molecule has 0 aliphatic rings. The van der Waals surface area contributed by atoms with Gasteiger partial charge in [0.15, 0.2) is 0 Å². The number of imidazole rings is 1. The number of benzene rings is 1. The summed E-state index contributed by atoms with van der Waals surface area (Å²) >= 11 is 0. The zero-order valence-electron chi connectivity index (χ0n) is 12.4. The van der Waals surface area contributed by atoms with Gasteiger partial charge in [0.1, 0.15) is 0 Å². The van der Waals surface area contributed by atoms with Crippen LogP contribution in [0.3, 0.4) is 0 Å². The van der Waals surface area contributed by atoms with Gasteiger partial charge in [0, 0.05) is 24.1 Å². The van der Waals surface area contributed by atoms with E-state index >= 15 is 0 Å². The molecule has 0 radical (unpaired) electrons. The molecule has 3 heteroatoms. The lowest BCUT2D eigenvalue weighted by Gasteiger charge is -2.19. The Morgan fingerprint density at radius 1 is 1.11 bits per heavy atom. The van der Waals surface area contributed by atoms with Gasteiger partial charge in [-0.25, -0.2) is 4.98 Å². The van der Waals surface area contributed by atoms with Crippen LogP contribution < -0.4 is 5.32 Å². The Morgan fingerprint density at radius 2 is 1.74 bits per heavy atom. The fraction of sp³-hybridized carbons (Fsp3) is 0.438. The number of rotatable bonds is 3. The zero-order chi connectivity index (χ0) is 14.0. The van der Waals surface area contributed by atoms with Gasteiger partial charge in [-0.3, -0.25) is 4.57 Å². The van der Waals surface area contributed by atoms with E-state index in [4.69, 9.17) is 0 Å². The quantitative estimate of drug-likeness (QED) is 0.901. The first kappa shape index (κ1) is 13.7. The van der Waals surface area contributed by atoms with Crippen molar-refractivity contribution in [3.63, 3.8) is 0 Å². The highest BCUT2D eigenvalue weighted by atomic mass is 15.2. The Balaban J connectivity index is 2.30. The molecule has 0 saturated heterocycles. The summed E-state index contributed by atoms with van der Waals surface area (Å²) in [6, 6.07) is 9.04. The van der Waals surface area contributed by atoms with Crippen LogP contribution >= 0.6 is 0 Å². The lowest BCUT2D eigenvalue weighted by molar-refractivity contribution is 0.590. The van der Waals surface area contributed by atoms with E-state index < -0.39 is 0 Å². The van der Waals surface area contributed by atoms with E-state index in [2.05, 4.69) is 73.8 Å². The highest BCUT2D eigenvalue weighted by Gasteiger charge is 2.13. The Labute approximate surface area is 115 Å². The predicted octanol–water partition coefficient (Wildman–Crippen LogP) is 3.99. The van der Waals surface area contributed by atoms with E-state index in [1.54, 1.807) is 0 Å². The van der Waals surface area contributed by atoms with Crippen LogP contribution in [0.4, 0.5) is 5.95 Å². The molecule has 102 valence electrons. The van der Waals surface area contributed by atoms with E-state index in [9.17, 15) is 0 Å². The number of hydrogen-bond acceptors (Lipinski definition) is 2. The topological polar surface area (TPSA) is 29.9 Å². The van der Waals surface area contributed by atoms with Crippen LogP contribution in [-0.4, -0.2) is 15.6 Å². The van der Waals surface area contributed by atoms with E-state index in [1.165, 1.54) is 5.56 Å². The molecule has 1 aromatic heterocycles.